The molecule has 0 amide bonds. The number of methoxy groups -OCH3 is 1. The highest BCUT2D eigenvalue weighted by molar-refractivity contribution is 6.31. The summed E-state index contributed by atoms with van der Waals surface area (Å²) < 4.78 is 32.1. The standard InChI is InChI=1S/C11H14ClF2NO/c1-11(2,15)7-4-8(12)6(5-16-3)9(13)10(7)14/h4H,5,15H2,1-3H3. The number of hydrogen-bond acceptors (Lipinski definition) is 2. The Morgan fingerprint density at radius 1 is 1.38 bits per heavy atom. The van der Waals surface area contributed by atoms with Gasteiger partial charge in [0.05, 0.1) is 6.61 Å². The molecule has 0 spiro atoms. The van der Waals surface area contributed by atoms with Gasteiger partial charge in [-0.05, 0) is 19.9 Å². The second kappa shape index (κ2) is 4.65. The van der Waals surface area contributed by atoms with E-state index in [0.717, 1.165) is 0 Å². The van der Waals surface area contributed by atoms with Crippen LogP contribution in [0.2, 0.25) is 5.02 Å². The second-order valence-corrected chi connectivity index (χ2v) is 4.57. The van der Waals surface area contributed by atoms with E-state index in [-0.39, 0.29) is 22.8 Å². The molecule has 0 aliphatic heterocycles. The SMILES string of the molecule is COCc1c(Cl)cc(C(C)(C)N)c(F)c1F. The number of nitrogens with two attached hydrogens (primary N) is 1. The molecular formula is C11H14ClF2NO. The zero-order valence-electron chi connectivity index (χ0n) is 9.40. The van der Waals surface area contributed by atoms with Crippen molar-refractivity contribution < 1.29 is 13.5 Å². The highest BCUT2D eigenvalue weighted by Crippen LogP contribution is 2.30. The molecule has 16 heavy (non-hydrogen) atoms. The zero-order chi connectivity index (χ0) is 12.5. The first-order chi connectivity index (χ1) is 7.29. The van der Waals surface area contributed by atoms with Crippen molar-refractivity contribution in [3.05, 3.63) is 33.9 Å². The fourth-order valence-corrected chi connectivity index (χ4v) is 1.62. The highest BCUT2D eigenvalue weighted by atomic mass is 35.5. The van der Waals surface area contributed by atoms with Crippen LogP contribution in [0.5, 0.6) is 0 Å². The first-order valence-corrected chi connectivity index (χ1v) is 5.11. The summed E-state index contributed by atoms with van der Waals surface area (Å²) in [5.74, 6) is -1.97. The lowest BCUT2D eigenvalue weighted by Gasteiger charge is -2.21. The lowest BCUT2D eigenvalue weighted by molar-refractivity contribution is 0.180. The van der Waals surface area contributed by atoms with Gasteiger partial charge in [-0.25, -0.2) is 8.78 Å². The zero-order valence-corrected chi connectivity index (χ0v) is 10.2. The fraction of sp³-hybridized carbons (Fsp3) is 0.455. The van der Waals surface area contributed by atoms with Gasteiger partial charge in [-0.3, -0.25) is 0 Å². The van der Waals surface area contributed by atoms with Crippen molar-refractivity contribution >= 4 is 11.6 Å². The van der Waals surface area contributed by atoms with Crippen molar-refractivity contribution in [2.24, 2.45) is 5.73 Å². The molecule has 0 aromatic heterocycles. The average molecular weight is 250 g/mol. The maximum Gasteiger partial charge on any atom is 0.166 e. The van der Waals surface area contributed by atoms with Crippen molar-refractivity contribution in [3.8, 4) is 0 Å². The van der Waals surface area contributed by atoms with E-state index >= 15 is 0 Å². The van der Waals surface area contributed by atoms with Gasteiger partial charge < -0.3 is 10.5 Å². The van der Waals surface area contributed by atoms with Crippen LogP contribution in [-0.2, 0) is 16.9 Å². The van der Waals surface area contributed by atoms with Gasteiger partial charge in [0.25, 0.3) is 0 Å². The van der Waals surface area contributed by atoms with Gasteiger partial charge in [-0.1, -0.05) is 11.6 Å². The van der Waals surface area contributed by atoms with Gasteiger partial charge >= 0.3 is 0 Å². The maximum absolute atomic E-state index is 13.7. The molecule has 0 unspecified atom stereocenters. The molecule has 0 saturated heterocycles. The molecule has 5 heteroatoms. The summed E-state index contributed by atoms with van der Waals surface area (Å²) in [5.41, 5.74) is 4.80. The van der Waals surface area contributed by atoms with E-state index in [1.807, 2.05) is 0 Å². The van der Waals surface area contributed by atoms with Crippen LogP contribution >= 0.6 is 11.6 Å². The summed E-state index contributed by atoms with van der Waals surface area (Å²) in [7, 11) is 1.38. The summed E-state index contributed by atoms with van der Waals surface area (Å²) in [5, 5.41) is 0.120. The van der Waals surface area contributed by atoms with Crippen LogP contribution in [0.15, 0.2) is 6.07 Å². The Balaban J connectivity index is 3.39. The van der Waals surface area contributed by atoms with Crippen LogP contribution in [0.3, 0.4) is 0 Å². The molecule has 0 aliphatic rings. The first kappa shape index (κ1) is 13.4. The second-order valence-electron chi connectivity index (χ2n) is 4.17. The summed E-state index contributed by atoms with van der Waals surface area (Å²) in [4.78, 5) is 0. The molecule has 0 heterocycles. The molecule has 0 fully saturated rings. The van der Waals surface area contributed by atoms with E-state index in [1.54, 1.807) is 13.8 Å². The van der Waals surface area contributed by atoms with Gasteiger partial charge in [-0.2, -0.15) is 0 Å². The molecule has 2 nitrogen and oxygen atoms in total. The van der Waals surface area contributed by atoms with Crippen molar-refractivity contribution in [3.63, 3.8) is 0 Å². The molecule has 0 atom stereocenters. The number of benzene rings is 1. The quantitative estimate of drug-likeness (QED) is 0.836. The Hall–Kier alpha value is -0.710. The highest BCUT2D eigenvalue weighted by Gasteiger charge is 2.25. The fourth-order valence-electron chi connectivity index (χ4n) is 1.38. The Morgan fingerprint density at radius 2 is 1.94 bits per heavy atom. The van der Waals surface area contributed by atoms with Gasteiger partial charge in [0.2, 0.25) is 0 Å². The minimum atomic E-state index is -0.997. The third-order valence-electron chi connectivity index (χ3n) is 2.24. The van der Waals surface area contributed by atoms with Crippen LogP contribution in [0, 0.1) is 11.6 Å². The molecule has 1 rings (SSSR count). The first-order valence-electron chi connectivity index (χ1n) is 4.73. The summed E-state index contributed by atoms with van der Waals surface area (Å²) in [6.07, 6.45) is 0. The normalized spacial score (nSPS) is 11.9. The molecular weight excluding hydrogens is 236 g/mol. The minimum Gasteiger partial charge on any atom is -0.380 e. The molecule has 0 bridgehead atoms. The van der Waals surface area contributed by atoms with Crippen LogP contribution in [0.25, 0.3) is 0 Å². The molecule has 0 saturated carbocycles. The van der Waals surface area contributed by atoms with E-state index in [0.29, 0.717) is 0 Å². The van der Waals surface area contributed by atoms with Crippen LogP contribution in [-0.4, -0.2) is 7.11 Å². The monoisotopic (exact) mass is 249 g/mol. The largest absolute Gasteiger partial charge is 0.380 e. The Labute approximate surface area is 98.3 Å². The lowest BCUT2D eigenvalue weighted by atomic mass is 9.93. The topological polar surface area (TPSA) is 35.2 Å². The molecule has 2 N–H and O–H groups in total. The van der Waals surface area contributed by atoms with Crippen LogP contribution in [0.4, 0.5) is 8.78 Å². The Morgan fingerprint density at radius 3 is 2.38 bits per heavy atom. The van der Waals surface area contributed by atoms with E-state index in [9.17, 15) is 8.78 Å². The molecule has 90 valence electrons. The van der Waals surface area contributed by atoms with E-state index in [2.05, 4.69) is 0 Å². The van der Waals surface area contributed by atoms with Gasteiger partial charge in [0.15, 0.2) is 11.6 Å². The number of hydrogen-bond donors (Lipinski definition) is 1. The molecule has 0 radical (unpaired) electrons. The predicted molar refractivity (Wildman–Crippen MR) is 59.3 cm³/mol. The van der Waals surface area contributed by atoms with E-state index in [4.69, 9.17) is 22.1 Å². The Bertz CT molecular complexity index is 402. The molecule has 1 aromatic rings. The smallest absolute Gasteiger partial charge is 0.166 e. The Kier molecular flexibility index (Phi) is 3.88. The van der Waals surface area contributed by atoms with Gasteiger partial charge in [-0.15, -0.1) is 0 Å². The summed E-state index contributed by atoms with van der Waals surface area (Å²) in [6, 6.07) is 1.34. The average Bonchev–Trinajstić information content (AvgIpc) is 2.16. The minimum absolute atomic E-state index is 0.00895. The van der Waals surface area contributed by atoms with Crippen LogP contribution in [0.1, 0.15) is 25.0 Å². The number of rotatable bonds is 3. The third-order valence-corrected chi connectivity index (χ3v) is 2.57. The number of ether oxygens (including phenoxy) is 1. The van der Waals surface area contributed by atoms with E-state index < -0.39 is 17.2 Å². The van der Waals surface area contributed by atoms with Crippen molar-refractivity contribution in [1.29, 1.82) is 0 Å². The van der Waals surface area contributed by atoms with Crippen molar-refractivity contribution in [2.75, 3.05) is 7.11 Å². The molecule has 0 aliphatic carbocycles. The van der Waals surface area contributed by atoms with Crippen molar-refractivity contribution in [1.82, 2.24) is 0 Å². The van der Waals surface area contributed by atoms with Crippen LogP contribution < -0.4 is 5.73 Å². The van der Waals surface area contributed by atoms with Gasteiger partial charge in [0.1, 0.15) is 0 Å². The summed E-state index contributed by atoms with van der Waals surface area (Å²) in [6.45, 7) is 3.08. The van der Waals surface area contributed by atoms with Crippen molar-refractivity contribution in [2.45, 2.75) is 26.0 Å². The predicted octanol–water partition coefficient (Wildman–Crippen LogP) is 2.96. The van der Waals surface area contributed by atoms with Gasteiger partial charge in [0, 0.05) is 28.8 Å². The maximum atomic E-state index is 13.7. The molecule has 1 aromatic carbocycles. The number of halogens is 3. The summed E-state index contributed by atoms with van der Waals surface area (Å²) >= 11 is 5.85. The lowest BCUT2D eigenvalue weighted by Crippen LogP contribution is -2.30. The third kappa shape index (κ3) is 2.51. The van der Waals surface area contributed by atoms with E-state index in [1.165, 1.54) is 13.2 Å².